The first-order chi connectivity index (χ1) is 18.1. The minimum atomic E-state index is -5.08. The van der Waals surface area contributed by atoms with Gasteiger partial charge in [0.25, 0.3) is 5.91 Å². The lowest BCUT2D eigenvalue weighted by molar-refractivity contribution is -0.193. The van der Waals surface area contributed by atoms with Crippen LogP contribution >= 0.6 is 0 Å². The Morgan fingerprint density at radius 1 is 1.03 bits per heavy atom. The Labute approximate surface area is 216 Å². The number of carboxylic acid groups (broad SMARTS) is 2. The highest BCUT2D eigenvalue weighted by molar-refractivity contribution is 5.93. The molecule has 2 aromatic heterocycles. The van der Waals surface area contributed by atoms with E-state index in [2.05, 4.69) is 31.5 Å². The number of hydrogen-bond acceptors (Lipinski definition) is 8. The molecule has 1 amide bonds. The molecule has 0 saturated carbocycles. The van der Waals surface area contributed by atoms with Crippen LogP contribution in [0.4, 0.5) is 26.3 Å². The van der Waals surface area contributed by atoms with E-state index in [-0.39, 0.29) is 11.3 Å². The summed E-state index contributed by atoms with van der Waals surface area (Å²) in [5, 5.41) is 24.8. The highest BCUT2D eigenvalue weighted by Gasteiger charge is 2.50. The van der Waals surface area contributed by atoms with E-state index in [1.807, 2.05) is 12.3 Å². The third kappa shape index (κ3) is 9.75. The molecule has 4 rings (SSSR count). The number of aliphatic carboxylic acids is 2. The van der Waals surface area contributed by atoms with E-state index in [9.17, 15) is 31.1 Å². The Balaban J connectivity index is 0.000000317. The average molecular weight is 567 g/mol. The van der Waals surface area contributed by atoms with Crippen LogP contribution in [0.2, 0.25) is 0 Å². The topological polar surface area (TPSA) is 155 Å². The summed E-state index contributed by atoms with van der Waals surface area (Å²) in [6.07, 6.45) is -3.45. The van der Waals surface area contributed by atoms with Crippen molar-refractivity contribution in [3.8, 4) is 0 Å². The van der Waals surface area contributed by atoms with Crippen LogP contribution in [0, 0.1) is 11.3 Å². The standard InChI is InChI=1S/C18H21N5O2.2C2HF3O2/c24-17(15-3-5-21-22-7-15)20-11-18-12-23(9-16(18)10-25-13-18)8-14-2-1-4-19-6-14;2*3-2(4,5)1(6)7/h1-7,16H,8-13H2,(H,20,24);2*(H,6,7)/t16-,18+;;/m1../s1. The lowest BCUT2D eigenvalue weighted by atomic mass is 9.81. The number of pyridine rings is 1. The third-order valence-corrected chi connectivity index (χ3v) is 5.65. The third-order valence-electron chi connectivity index (χ3n) is 5.65. The van der Waals surface area contributed by atoms with Gasteiger partial charge in [-0.15, -0.1) is 0 Å². The van der Waals surface area contributed by atoms with Gasteiger partial charge in [-0.2, -0.15) is 36.5 Å². The fraction of sp³-hybridized carbons (Fsp3) is 0.455. The number of nitrogens with one attached hydrogen (secondary N) is 1. The minimum absolute atomic E-state index is 0.0155. The first-order valence-electron chi connectivity index (χ1n) is 11.0. The highest BCUT2D eigenvalue weighted by atomic mass is 19.4. The van der Waals surface area contributed by atoms with Gasteiger partial charge in [0, 0.05) is 49.9 Å². The number of halogens is 6. The molecular formula is C22H23F6N5O6. The van der Waals surface area contributed by atoms with E-state index in [1.165, 1.54) is 18.0 Å². The van der Waals surface area contributed by atoms with Crippen molar-refractivity contribution in [1.82, 2.24) is 25.4 Å². The first kappa shape index (κ1) is 31.4. The number of hydrogen-bond donors (Lipinski definition) is 3. The molecular weight excluding hydrogens is 544 g/mol. The van der Waals surface area contributed by atoms with Crippen LogP contribution in [0.5, 0.6) is 0 Å². The number of aromatic nitrogens is 3. The number of carboxylic acids is 2. The molecule has 2 fully saturated rings. The molecule has 2 atom stereocenters. The number of alkyl halides is 6. The Bertz CT molecular complexity index is 1080. The molecule has 4 heterocycles. The molecule has 11 nitrogen and oxygen atoms in total. The van der Waals surface area contributed by atoms with Gasteiger partial charge in [-0.25, -0.2) is 9.59 Å². The molecule has 0 aromatic carbocycles. The molecule has 39 heavy (non-hydrogen) atoms. The van der Waals surface area contributed by atoms with E-state index in [1.54, 1.807) is 12.3 Å². The van der Waals surface area contributed by atoms with Crippen LogP contribution in [0.1, 0.15) is 15.9 Å². The predicted octanol–water partition coefficient (Wildman–Crippen LogP) is 2.02. The van der Waals surface area contributed by atoms with Gasteiger partial charge in [-0.05, 0) is 17.7 Å². The molecule has 17 heteroatoms. The van der Waals surface area contributed by atoms with Crippen molar-refractivity contribution < 1.29 is 55.7 Å². The van der Waals surface area contributed by atoms with Gasteiger partial charge in [-0.1, -0.05) is 6.07 Å². The van der Waals surface area contributed by atoms with E-state index >= 15 is 0 Å². The van der Waals surface area contributed by atoms with Crippen LogP contribution in [0.3, 0.4) is 0 Å². The molecule has 0 radical (unpaired) electrons. The smallest absolute Gasteiger partial charge is 0.475 e. The summed E-state index contributed by atoms with van der Waals surface area (Å²) in [7, 11) is 0. The lowest BCUT2D eigenvalue weighted by Crippen LogP contribution is -2.43. The summed E-state index contributed by atoms with van der Waals surface area (Å²) in [6, 6.07) is 5.74. The van der Waals surface area contributed by atoms with Gasteiger partial charge in [-0.3, -0.25) is 14.7 Å². The van der Waals surface area contributed by atoms with Crippen molar-refractivity contribution in [3.63, 3.8) is 0 Å². The zero-order valence-electron chi connectivity index (χ0n) is 19.9. The molecule has 2 aliphatic heterocycles. The number of amides is 1. The average Bonchev–Trinajstić information content (AvgIpc) is 3.40. The molecule has 0 unspecified atom stereocenters. The summed E-state index contributed by atoms with van der Waals surface area (Å²) in [5.74, 6) is -5.18. The normalized spacial score (nSPS) is 20.5. The molecule has 0 aliphatic carbocycles. The van der Waals surface area contributed by atoms with E-state index in [0.29, 0.717) is 24.6 Å². The van der Waals surface area contributed by atoms with Crippen LogP contribution in [0.25, 0.3) is 0 Å². The second-order valence-corrected chi connectivity index (χ2v) is 8.52. The monoisotopic (exact) mass is 567 g/mol. The SMILES string of the molecule is O=C(NC[C@]12COC[C@H]1CN(Cc1cccnc1)C2)c1ccnnc1.O=C(O)C(F)(F)F.O=C(O)C(F)(F)F. The number of rotatable bonds is 5. The van der Waals surface area contributed by atoms with Crippen molar-refractivity contribution in [2.24, 2.45) is 11.3 Å². The zero-order chi connectivity index (χ0) is 29.3. The lowest BCUT2D eigenvalue weighted by Gasteiger charge is -2.27. The number of carbonyl (C=O) groups is 3. The molecule has 2 aromatic rings. The van der Waals surface area contributed by atoms with Crippen LogP contribution in [0.15, 0.2) is 43.0 Å². The summed E-state index contributed by atoms with van der Waals surface area (Å²) < 4.78 is 69.2. The van der Waals surface area contributed by atoms with Crippen LogP contribution < -0.4 is 5.32 Å². The number of ether oxygens (including phenoxy) is 1. The quantitative estimate of drug-likeness (QED) is 0.457. The highest BCUT2D eigenvalue weighted by Crippen LogP contribution is 2.41. The van der Waals surface area contributed by atoms with Gasteiger partial charge in [0.1, 0.15) is 0 Å². The molecule has 2 saturated heterocycles. The maximum atomic E-state index is 12.3. The number of fused-ring (bicyclic) bond motifs is 1. The van der Waals surface area contributed by atoms with E-state index in [4.69, 9.17) is 24.5 Å². The fourth-order valence-corrected chi connectivity index (χ4v) is 3.85. The number of likely N-dealkylation sites (tertiary alicyclic amines) is 1. The van der Waals surface area contributed by atoms with Crippen molar-refractivity contribution in [2.45, 2.75) is 18.9 Å². The summed E-state index contributed by atoms with van der Waals surface area (Å²) >= 11 is 0. The fourth-order valence-electron chi connectivity index (χ4n) is 3.85. The molecule has 2 aliphatic rings. The Morgan fingerprint density at radius 3 is 2.18 bits per heavy atom. The minimum Gasteiger partial charge on any atom is -0.475 e. The van der Waals surface area contributed by atoms with Crippen LogP contribution in [-0.2, 0) is 20.9 Å². The second-order valence-electron chi connectivity index (χ2n) is 8.52. The Hall–Kier alpha value is -3.86. The second kappa shape index (κ2) is 13.3. The zero-order valence-corrected chi connectivity index (χ0v) is 19.9. The van der Waals surface area contributed by atoms with Crippen LogP contribution in [-0.4, -0.2) is 93.3 Å². The number of nitrogens with zero attached hydrogens (tertiary/aromatic N) is 4. The molecule has 214 valence electrons. The van der Waals surface area contributed by atoms with Crippen molar-refractivity contribution >= 4 is 17.8 Å². The Kier molecular flexibility index (Phi) is 10.7. The predicted molar refractivity (Wildman–Crippen MR) is 118 cm³/mol. The molecule has 0 bridgehead atoms. The van der Waals surface area contributed by atoms with Gasteiger partial charge in [0.2, 0.25) is 0 Å². The summed E-state index contributed by atoms with van der Waals surface area (Å²) in [4.78, 5) is 36.7. The molecule has 3 N–H and O–H groups in total. The summed E-state index contributed by atoms with van der Waals surface area (Å²) in [6.45, 7) is 4.85. The van der Waals surface area contributed by atoms with Crippen molar-refractivity contribution in [2.75, 3.05) is 32.8 Å². The Morgan fingerprint density at radius 2 is 1.67 bits per heavy atom. The van der Waals surface area contributed by atoms with Gasteiger partial charge >= 0.3 is 24.3 Å². The van der Waals surface area contributed by atoms with Crippen molar-refractivity contribution in [3.05, 3.63) is 54.1 Å². The van der Waals surface area contributed by atoms with Crippen molar-refractivity contribution in [1.29, 1.82) is 0 Å². The number of carbonyl (C=O) groups excluding carboxylic acids is 1. The maximum absolute atomic E-state index is 12.3. The van der Waals surface area contributed by atoms with Gasteiger partial charge in [0.05, 0.1) is 31.2 Å². The summed E-state index contributed by atoms with van der Waals surface area (Å²) in [5.41, 5.74) is 1.73. The molecule has 0 spiro atoms. The van der Waals surface area contributed by atoms with Gasteiger partial charge < -0.3 is 20.3 Å². The maximum Gasteiger partial charge on any atom is 0.490 e. The largest absolute Gasteiger partial charge is 0.490 e. The van der Waals surface area contributed by atoms with E-state index in [0.717, 1.165) is 26.2 Å². The van der Waals surface area contributed by atoms with Gasteiger partial charge in [0.15, 0.2) is 0 Å². The van der Waals surface area contributed by atoms with E-state index < -0.39 is 24.3 Å². The first-order valence-corrected chi connectivity index (χ1v) is 11.0.